The number of nitrogens with one attached hydrogen (secondary N) is 2. The molecule has 3 aromatic heterocycles. The number of aromatic nitrogens is 6. The molecule has 3 aromatic carbocycles. The van der Waals surface area contributed by atoms with Crippen LogP contribution in [-0.4, -0.2) is 29.8 Å². The standard InChI is InChI=1S/C29H26N8/c1-29(2,3)25-24(27-34-33-26(37(27)36-25)21-17-11-6-12-18-21)32-35-28-30-22(19-13-7-4-8-14-19)23(31-28)20-15-9-5-10-16-20/h4-18,34H,1-3H3,(H,30,31). The summed E-state index contributed by atoms with van der Waals surface area (Å²) in [4.78, 5) is 8.18. The van der Waals surface area contributed by atoms with Crippen LogP contribution >= 0.6 is 0 Å². The summed E-state index contributed by atoms with van der Waals surface area (Å²) in [5.41, 5.74) is 6.60. The zero-order valence-electron chi connectivity index (χ0n) is 20.8. The van der Waals surface area contributed by atoms with Gasteiger partial charge in [-0.1, -0.05) is 112 Å². The smallest absolute Gasteiger partial charge is 0.247 e. The van der Waals surface area contributed by atoms with Crippen LogP contribution in [0.5, 0.6) is 0 Å². The van der Waals surface area contributed by atoms with Gasteiger partial charge in [-0.3, -0.25) is 5.10 Å². The second-order valence-corrected chi connectivity index (χ2v) is 9.84. The number of benzene rings is 3. The van der Waals surface area contributed by atoms with Crippen LogP contribution in [0.25, 0.3) is 39.5 Å². The largest absolute Gasteiger partial charge is 0.320 e. The van der Waals surface area contributed by atoms with Crippen molar-refractivity contribution in [3.8, 4) is 33.9 Å². The van der Waals surface area contributed by atoms with Crippen LogP contribution in [0.3, 0.4) is 0 Å². The van der Waals surface area contributed by atoms with E-state index in [1.54, 1.807) is 4.52 Å². The summed E-state index contributed by atoms with van der Waals surface area (Å²) in [6.45, 7) is 6.33. The lowest BCUT2D eigenvalue weighted by Crippen LogP contribution is -2.12. The fourth-order valence-electron chi connectivity index (χ4n) is 4.31. The molecule has 8 heteroatoms. The quantitative estimate of drug-likeness (QED) is 0.247. The van der Waals surface area contributed by atoms with Crippen molar-refractivity contribution in [3.63, 3.8) is 0 Å². The SMILES string of the molecule is CC(C)(C)c1nn2c(-c3ccccc3)n[nH]c2c1N=Nc1nc(-c2ccccc2)c(-c2ccccc2)[nH]1. The van der Waals surface area contributed by atoms with Crippen LogP contribution in [0.1, 0.15) is 26.5 Å². The van der Waals surface area contributed by atoms with E-state index in [0.29, 0.717) is 17.3 Å². The summed E-state index contributed by atoms with van der Waals surface area (Å²) < 4.78 is 1.80. The minimum atomic E-state index is -0.261. The van der Waals surface area contributed by atoms with Crippen molar-refractivity contribution in [3.05, 3.63) is 96.7 Å². The zero-order chi connectivity index (χ0) is 25.4. The second-order valence-electron chi connectivity index (χ2n) is 9.84. The Labute approximate surface area is 214 Å². The third-order valence-electron chi connectivity index (χ3n) is 6.12. The van der Waals surface area contributed by atoms with E-state index in [0.717, 1.165) is 39.6 Å². The van der Waals surface area contributed by atoms with E-state index < -0.39 is 0 Å². The van der Waals surface area contributed by atoms with Crippen LogP contribution in [0.2, 0.25) is 0 Å². The Morgan fingerprint density at radius 1 is 0.730 bits per heavy atom. The molecule has 0 aliphatic rings. The number of hydrogen-bond donors (Lipinski definition) is 2. The Morgan fingerprint density at radius 3 is 1.95 bits per heavy atom. The predicted octanol–water partition coefficient (Wildman–Crippen LogP) is 7.49. The monoisotopic (exact) mass is 486 g/mol. The third kappa shape index (κ3) is 4.23. The molecular formula is C29H26N8. The number of fused-ring (bicyclic) bond motifs is 1. The number of rotatable bonds is 5. The van der Waals surface area contributed by atoms with Gasteiger partial charge in [-0.25, -0.2) is 4.98 Å². The first-order valence-electron chi connectivity index (χ1n) is 12.1. The summed E-state index contributed by atoms with van der Waals surface area (Å²) in [5.74, 6) is 1.14. The van der Waals surface area contributed by atoms with E-state index in [4.69, 9.17) is 10.1 Å². The molecule has 0 aliphatic heterocycles. The molecule has 6 aromatic rings. The van der Waals surface area contributed by atoms with Crippen LogP contribution in [0.4, 0.5) is 11.6 Å². The molecule has 6 rings (SSSR count). The molecule has 0 radical (unpaired) electrons. The molecule has 0 atom stereocenters. The number of hydrogen-bond acceptors (Lipinski definition) is 5. The molecule has 0 spiro atoms. The van der Waals surface area contributed by atoms with Crippen molar-refractivity contribution in [2.45, 2.75) is 26.2 Å². The van der Waals surface area contributed by atoms with E-state index in [1.165, 1.54) is 0 Å². The first-order valence-corrected chi connectivity index (χ1v) is 12.1. The third-order valence-corrected chi connectivity index (χ3v) is 6.12. The average Bonchev–Trinajstić information content (AvgIpc) is 3.63. The summed E-state index contributed by atoms with van der Waals surface area (Å²) >= 11 is 0. The van der Waals surface area contributed by atoms with Crippen LogP contribution in [-0.2, 0) is 5.41 Å². The highest BCUT2D eigenvalue weighted by atomic mass is 15.4. The Hall–Kier alpha value is -4.85. The normalized spacial score (nSPS) is 12.1. The zero-order valence-corrected chi connectivity index (χ0v) is 20.8. The van der Waals surface area contributed by atoms with Gasteiger partial charge < -0.3 is 4.98 Å². The van der Waals surface area contributed by atoms with Gasteiger partial charge in [-0.15, -0.1) is 10.2 Å². The summed E-state index contributed by atoms with van der Waals surface area (Å²) in [6.07, 6.45) is 0. The molecule has 0 saturated carbocycles. The summed E-state index contributed by atoms with van der Waals surface area (Å²) in [6, 6.07) is 30.2. The predicted molar refractivity (Wildman–Crippen MR) is 145 cm³/mol. The second kappa shape index (κ2) is 8.98. The molecule has 0 bridgehead atoms. The minimum absolute atomic E-state index is 0.261. The van der Waals surface area contributed by atoms with Crippen molar-refractivity contribution >= 4 is 17.3 Å². The van der Waals surface area contributed by atoms with Crippen molar-refractivity contribution in [2.24, 2.45) is 10.2 Å². The lowest BCUT2D eigenvalue weighted by molar-refractivity contribution is 0.563. The average molecular weight is 487 g/mol. The van der Waals surface area contributed by atoms with Crippen LogP contribution in [0.15, 0.2) is 101 Å². The maximum absolute atomic E-state index is 4.89. The molecule has 0 saturated heterocycles. The van der Waals surface area contributed by atoms with Crippen molar-refractivity contribution in [2.75, 3.05) is 0 Å². The fraction of sp³-hybridized carbons (Fsp3) is 0.138. The highest BCUT2D eigenvalue weighted by Crippen LogP contribution is 2.37. The summed E-state index contributed by atoms with van der Waals surface area (Å²) in [7, 11) is 0. The molecule has 3 heterocycles. The Morgan fingerprint density at radius 2 is 1.32 bits per heavy atom. The van der Waals surface area contributed by atoms with E-state index in [1.807, 2.05) is 78.9 Å². The molecule has 37 heavy (non-hydrogen) atoms. The van der Waals surface area contributed by atoms with Gasteiger partial charge in [0.25, 0.3) is 0 Å². The van der Waals surface area contributed by atoms with Gasteiger partial charge in [0.15, 0.2) is 17.2 Å². The number of nitrogens with zero attached hydrogens (tertiary/aromatic N) is 6. The van der Waals surface area contributed by atoms with E-state index in [9.17, 15) is 0 Å². The maximum atomic E-state index is 4.89. The highest BCUT2D eigenvalue weighted by Gasteiger charge is 2.27. The molecular weight excluding hydrogens is 460 g/mol. The molecule has 182 valence electrons. The first-order chi connectivity index (χ1) is 18.0. The van der Waals surface area contributed by atoms with Crippen LogP contribution in [0, 0.1) is 0 Å². The Balaban J connectivity index is 1.47. The van der Waals surface area contributed by atoms with E-state index in [-0.39, 0.29) is 5.41 Å². The van der Waals surface area contributed by atoms with Crippen molar-refractivity contribution < 1.29 is 0 Å². The maximum Gasteiger partial charge on any atom is 0.247 e. The van der Waals surface area contributed by atoms with Gasteiger partial charge in [0.1, 0.15) is 0 Å². The molecule has 0 fully saturated rings. The highest BCUT2D eigenvalue weighted by molar-refractivity contribution is 5.79. The van der Waals surface area contributed by atoms with Gasteiger partial charge >= 0.3 is 0 Å². The topological polar surface area (TPSA) is 99.4 Å². The van der Waals surface area contributed by atoms with Crippen molar-refractivity contribution in [1.82, 2.24) is 29.8 Å². The van der Waals surface area contributed by atoms with Gasteiger partial charge in [-0.05, 0) is 0 Å². The van der Waals surface area contributed by atoms with E-state index >= 15 is 0 Å². The van der Waals surface area contributed by atoms with Gasteiger partial charge in [0.05, 0.1) is 17.1 Å². The number of imidazole rings is 1. The van der Waals surface area contributed by atoms with Crippen LogP contribution < -0.4 is 0 Å². The minimum Gasteiger partial charge on any atom is -0.320 e. The van der Waals surface area contributed by atoms with Gasteiger partial charge in [-0.2, -0.15) is 14.7 Å². The molecule has 0 unspecified atom stereocenters. The molecule has 0 amide bonds. The number of H-pyrrole nitrogens is 2. The first kappa shape index (κ1) is 22.6. The Kier molecular flexibility index (Phi) is 5.49. The molecule has 0 aliphatic carbocycles. The summed E-state index contributed by atoms with van der Waals surface area (Å²) in [5, 5.41) is 21.7. The Bertz CT molecular complexity index is 1630. The lowest BCUT2D eigenvalue weighted by Gasteiger charge is -2.15. The molecule has 8 nitrogen and oxygen atoms in total. The molecule has 2 N–H and O–H groups in total. The van der Waals surface area contributed by atoms with E-state index in [2.05, 4.69) is 58.3 Å². The van der Waals surface area contributed by atoms with Gasteiger partial charge in [0.2, 0.25) is 5.95 Å². The van der Waals surface area contributed by atoms with Gasteiger partial charge in [0, 0.05) is 22.1 Å². The van der Waals surface area contributed by atoms with Crippen molar-refractivity contribution in [1.29, 1.82) is 0 Å². The lowest BCUT2D eigenvalue weighted by atomic mass is 9.91. The number of azo groups is 1. The fourth-order valence-corrected chi connectivity index (χ4v) is 4.31. The number of aromatic amines is 2.